The summed E-state index contributed by atoms with van der Waals surface area (Å²) in [6, 6.07) is 6.11. The van der Waals surface area contributed by atoms with E-state index in [0.717, 1.165) is 42.9 Å². The number of piperidine rings is 1. The lowest BCUT2D eigenvalue weighted by atomic mass is 9.98. The number of hydrogen-bond donors (Lipinski definition) is 2. The van der Waals surface area contributed by atoms with Crippen LogP contribution in [0.2, 0.25) is 0 Å². The van der Waals surface area contributed by atoms with Gasteiger partial charge in [-0.1, -0.05) is 0 Å². The minimum atomic E-state index is 0.0988. The Morgan fingerprint density at radius 2 is 2.21 bits per heavy atom. The maximum Gasteiger partial charge on any atom is 0.228 e. The molecule has 1 aromatic carbocycles. The summed E-state index contributed by atoms with van der Waals surface area (Å²) in [5.74, 6) is 0.231. The molecule has 1 aliphatic heterocycles. The summed E-state index contributed by atoms with van der Waals surface area (Å²) in [4.78, 5) is 14.2. The predicted octanol–water partition coefficient (Wildman–Crippen LogP) is 2.00. The first kappa shape index (κ1) is 13.9. The fourth-order valence-electron chi connectivity index (χ4n) is 2.38. The number of nitrogens with zero attached hydrogens (tertiary/aromatic N) is 1. The average molecular weight is 261 g/mol. The molecule has 0 spiro atoms. The number of carbonyl (C=O) groups is 1. The monoisotopic (exact) mass is 261 g/mol. The van der Waals surface area contributed by atoms with E-state index in [1.807, 2.05) is 33.2 Å². The van der Waals surface area contributed by atoms with Gasteiger partial charge in [-0.05, 0) is 50.1 Å². The van der Waals surface area contributed by atoms with Gasteiger partial charge in [-0.15, -0.1) is 0 Å². The molecule has 1 saturated heterocycles. The van der Waals surface area contributed by atoms with Gasteiger partial charge in [0, 0.05) is 32.0 Å². The summed E-state index contributed by atoms with van der Waals surface area (Å²) in [7, 11) is 4.03. The molecule has 1 fully saturated rings. The third-order valence-corrected chi connectivity index (χ3v) is 3.65. The van der Waals surface area contributed by atoms with Crippen LogP contribution >= 0.6 is 0 Å². The predicted molar refractivity (Wildman–Crippen MR) is 79.7 cm³/mol. The van der Waals surface area contributed by atoms with Crippen molar-refractivity contribution in [1.29, 1.82) is 0 Å². The fraction of sp³-hybridized carbons (Fsp3) is 0.533. The zero-order valence-electron chi connectivity index (χ0n) is 12.0. The van der Waals surface area contributed by atoms with E-state index in [0.29, 0.717) is 0 Å². The van der Waals surface area contributed by atoms with Crippen LogP contribution in [0.1, 0.15) is 18.4 Å². The summed E-state index contributed by atoms with van der Waals surface area (Å²) in [5, 5.41) is 6.32. The number of amides is 1. The number of rotatable bonds is 3. The van der Waals surface area contributed by atoms with Crippen LogP contribution in [0.25, 0.3) is 0 Å². The van der Waals surface area contributed by atoms with Gasteiger partial charge in [0.15, 0.2) is 0 Å². The van der Waals surface area contributed by atoms with Crippen LogP contribution in [0.5, 0.6) is 0 Å². The SMILES string of the molecule is Cc1cc(N(C)C)ccc1NC(=O)[C@@H]1CCCNC1. The fourth-order valence-corrected chi connectivity index (χ4v) is 2.38. The van der Waals surface area contributed by atoms with Crippen LogP contribution in [0.4, 0.5) is 11.4 Å². The van der Waals surface area contributed by atoms with Crippen LogP contribution in [0.3, 0.4) is 0 Å². The van der Waals surface area contributed by atoms with Crippen LogP contribution in [0, 0.1) is 12.8 Å². The molecule has 1 aromatic rings. The van der Waals surface area contributed by atoms with Gasteiger partial charge in [0.25, 0.3) is 0 Å². The molecule has 0 saturated carbocycles. The van der Waals surface area contributed by atoms with Crippen LogP contribution in [-0.4, -0.2) is 33.1 Å². The van der Waals surface area contributed by atoms with Gasteiger partial charge in [-0.25, -0.2) is 0 Å². The summed E-state index contributed by atoms with van der Waals surface area (Å²) >= 11 is 0. The van der Waals surface area contributed by atoms with Crippen LogP contribution in [0.15, 0.2) is 18.2 Å². The zero-order chi connectivity index (χ0) is 13.8. The molecule has 1 aliphatic rings. The second-order valence-electron chi connectivity index (χ2n) is 5.43. The Balaban J connectivity index is 2.04. The minimum absolute atomic E-state index is 0.0988. The van der Waals surface area contributed by atoms with E-state index in [1.165, 1.54) is 0 Å². The first-order valence-corrected chi connectivity index (χ1v) is 6.87. The quantitative estimate of drug-likeness (QED) is 0.874. The summed E-state index contributed by atoms with van der Waals surface area (Å²) in [6.45, 7) is 3.85. The molecule has 0 radical (unpaired) electrons. The van der Waals surface area contributed by atoms with E-state index in [-0.39, 0.29) is 11.8 Å². The normalized spacial score (nSPS) is 19.0. The standard InChI is InChI=1S/C15H23N3O/c1-11-9-13(18(2)3)6-7-14(11)17-15(19)12-5-4-8-16-10-12/h6-7,9,12,16H,4-5,8,10H2,1-3H3,(H,17,19)/t12-/m1/s1. The molecule has 4 heteroatoms. The molecule has 0 unspecified atom stereocenters. The van der Waals surface area contributed by atoms with Gasteiger partial charge in [0.1, 0.15) is 0 Å². The second kappa shape index (κ2) is 6.06. The molecule has 1 atom stereocenters. The number of anilines is 2. The lowest BCUT2D eigenvalue weighted by molar-refractivity contribution is -0.120. The molecule has 0 aromatic heterocycles. The highest BCUT2D eigenvalue weighted by Gasteiger charge is 2.21. The molecule has 1 heterocycles. The van der Waals surface area contributed by atoms with Gasteiger partial charge in [0.2, 0.25) is 5.91 Å². The Morgan fingerprint density at radius 3 is 2.79 bits per heavy atom. The van der Waals surface area contributed by atoms with E-state index in [2.05, 4.69) is 21.6 Å². The Morgan fingerprint density at radius 1 is 1.42 bits per heavy atom. The van der Waals surface area contributed by atoms with Crippen molar-refractivity contribution in [3.63, 3.8) is 0 Å². The largest absolute Gasteiger partial charge is 0.378 e. The number of nitrogens with one attached hydrogen (secondary N) is 2. The van der Waals surface area contributed by atoms with Gasteiger partial charge < -0.3 is 15.5 Å². The number of hydrogen-bond acceptors (Lipinski definition) is 3. The van der Waals surface area contributed by atoms with Crippen molar-refractivity contribution in [1.82, 2.24) is 5.32 Å². The lowest BCUT2D eigenvalue weighted by Gasteiger charge is -2.22. The van der Waals surface area contributed by atoms with Crippen molar-refractivity contribution in [3.8, 4) is 0 Å². The Hall–Kier alpha value is -1.55. The van der Waals surface area contributed by atoms with E-state index in [4.69, 9.17) is 0 Å². The third kappa shape index (κ3) is 3.47. The van der Waals surface area contributed by atoms with Gasteiger partial charge in [0.05, 0.1) is 5.92 Å². The second-order valence-corrected chi connectivity index (χ2v) is 5.43. The average Bonchev–Trinajstić information content (AvgIpc) is 2.41. The molecule has 2 rings (SSSR count). The number of aryl methyl sites for hydroxylation is 1. The highest BCUT2D eigenvalue weighted by Crippen LogP contribution is 2.22. The topological polar surface area (TPSA) is 44.4 Å². The lowest BCUT2D eigenvalue weighted by Crippen LogP contribution is -2.37. The highest BCUT2D eigenvalue weighted by atomic mass is 16.1. The summed E-state index contributed by atoms with van der Waals surface area (Å²) in [6.07, 6.45) is 2.06. The van der Waals surface area contributed by atoms with Crippen molar-refractivity contribution < 1.29 is 4.79 Å². The van der Waals surface area contributed by atoms with Crippen LogP contribution < -0.4 is 15.5 Å². The molecule has 0 bridgehead atoms. The number of benzene rings is 1. The van der Waals surface area contributed by atoms with E-state index < -0.39 is 0 Å². The Bertz CT molecular complexity index is 451. The van der Waals surface area contributed by atoms with E-state index >= 15 is 0 Å². The summed E-state index contributed by atoms with van der Waals surface area (Å²) < 4.78 is 0. The molecule has 0 aliphatic carbocycles. The highest BCUT2D eigenvalue weighted by molar-refractivity contribution is 5.93. The Kier molecular flexibility index (Phi) is 4.43. The third-order valence-electron chi connectivity index (χ3n) is 3.65. The summed E-state index contributed by atoms with van der Waals surface area (Å²) in [5.41, 5.74) is 3.17. The molecule has 104 valence electrons. The maximum atomic E-state index is 12.2. The van der Waals surface area contributed by atoms with Crippen molar-refractivity contribution in [3.05, 3.63) is 23.8 Å². The van der Waals surface area contributed by atoms with Crippen molar-refractivity contribution >= 4 is 17.3 Å². The number of carbonyl (C=O) groups excluding carboxylic acids is 1. The minimum Gasteiger partial charge on any atom is -0.378 e. The van der Waals surface area contributed by atoms with E-state index in [9.17, 15) is 4.79 Å². The Labute approximate surface area is 115 Å². The van der Waals surface area contributed by atoms with Crippen molar-refractivity contribution in [2.75, 3.05) is 37.4 Å². The molecule has 2 N–H and O–H groups in total. The zero-order valence-corrected chi connectivity index (χ0v) is 12.0. The van der Waals surface area contributed by atoms with Gasteiger partial charge in [-0.3, -0.25) is 4.79 Å². The smallest absolute Gasteiger partial charge is 0.228 e. The molecular formula is C15H23N3O. The molecule has 19 heavy (non-hydrogen) atoms. The van der Waals surface area contributed by atoms with Gasteiger partial charge in [-0.2, -0.15) is 0 Å². The van der Waals surface area contributed by atoms with Gasteiger partial charge >= 0.3 is 0 Å². The first-order valence-electron chi connectivity index (χ1n) is 6.87. The van der Waals surface area contributed by atoms with Crippen molar-refractivity contribution in [2.45, 2.75) is 19.8 Å². The maximum absolute atomic E-state index is 12.2. The van der Waals surface area contributed by atoms with Crippen LogP contribution in [-0.2, 0) is 4.79 Å². The molecule has 4 nitrogen and oxygen atoms in total. The van der Waals surface area contributed by atoms with Crippen molar-refractivity contribution in [2.24, 2.45) is 5.92 Å². The first-order chi connectivity index (χ1) is 9.08. The molecular weight excluding hydrogens is 238 g/mol. The van der Waals surface area contributed by atoms with E-state index in [1.54, 1.807) is 0 Å². The molecule has 1 amide bonds.